The third-order valence-electron chi connectivity index (χ3n) is 3.82. The zero-order valence-corrected chi connectivity index (χ0v) is 12.3. The summed E-state index contributed by atoms with van der Waals surface area (Å²) in [5.41, 5.74) is 8.38. The van der Waals surface area contributed by atoms with Gasteiger partial charge in [0.2, 0.25) is 0 Å². The molecule has 0 fully saturated rings. The second-order valence-corrected chi connectivity index (χ2v) is 6.02. The minimum atomic E-state index is 0.349. The number of nitrogen functional groups attached to an aromatic ring is 1. The number of aryl methyl sites for hydroxylation is 1. The first-order chi connectivity index (χ1) is 9.08. The van der Waals surface area contributed by atoms with Crippen molar-refractivity contribution in [2.24, 2.45) is 0 Å². The molecule has 5 heteroatoms. The Hall–Kier alpha value is -1.62. The number of hydrogen-bond donors (Lipinski definition) is 1. The molecule has 0 saturated heterocycles. The lowest BCUT2D eigenvalue weighted by atomic mass is 10.0. The number of nitrogens with zero attached hydrogens (tertiary/aromatic N) is 3. The van der Waals surface area contributed by atoms with E-state index in [2.05, 4.69) is 33.2 Å². The van der Waals surface area contributed by atoms with Crippen molar-refractivity contribution in [1.82, 2.24) is 9.97 Å². The normalized spacial score (nSPS) is 18.5. The molecule has 2 aromatic heterocycles. The molecule has 0 radical (unpaired) electrons. The van der Waals surface area contributed by atoms with Crippen LogP contribution in [0.15, 0.2) is 11.4 Å². The molecule has 0 amide bonds. The molecule has 1 unspecified atom stereocenters. The van der Waals surface area contributed by atoms with E-state index in [9.17, 15) is 0 Å². The van der Waals surface area contributed by atoms with E-state index in [1.54, 1.807) is 0 Å². The van der Waals surface area contributed by atoms with Crippen LogP contribution in [0.3, 0.4) is 0 Å². The molecule has 0 bridgehead atoms. The van der Waals surface area contributed by atoms with E-state index in [0.717, 1.165) is 30.2 Å². The third-order valence-corrected chi connectivity index (χ3v) is 4.82. The van der Waals surface area contributed by atoms with Crippen molar-refractivity contribution < 1.29 is 0 Å². The van der Waals surface area contributed by atoms with Crippen LogP contribution in [0.25, 0.3) is 0 Å². The number of aromatic nitrogens is 2. The molecule has 1 aliphatic rings. The summed E-state index contributed by atoms with van der Waals surface area (Å²) in [7, 11) is 0. The van der Waals surface area contributed by atoms with E-state index in [4.69, 9.17) is 5.73 Å². The second kappa shape index (κ2) is 4.49. The Morgan fingerprint density at radius 3 is 2.95 bits per heavy atom. The van der Waals surface area contributed by atoms with Crippen LogP contribution < -0.4 is 10.6 Å². The molecule has 0 aliphatic carbocycles. The largest absolute Gasteiger partial charge is 0.383 e. The monoisotopic (exact) mass is 274 g/mol. The van der Waals surface area contributed by atoms with Crippen molar-refractivity contribution in [1.29, 1.82) is 0 Å². The highest BCUT2D eigenvalue weighted by molar-refractivity contribution is 7.10. The molecular weight excluding hydrogens is 256 g/mol. The standard InChI is InChI=1S/C14H18N4S/c1-8-13(15)16-10(3)17-14(8)18-6-4-12-11(9(18)2)5-7-19-12/h5,7,9H,4,6H2,1-3H3,(H2,15,16,17). The molecule has 1 atom stereocenters. The fourth-order valence-corrected chi connectivity index (χ4v) is 3.68. The Balaban J connectivity index is 2.05. The quantitative estimate of drug-likeness (QED) is 0.868. The Kier molecular flexibility index (Phi) is 2.93. The lowest BCUT2D eigenvalue weighted by Crippen LogP contribution is -2.34. The Morgan fingerprint density at radius 1 is 1.37 bits per heavy atom. The van der Waals surface area contributed by atoms with Crippen LogP contribution in [0, 0.1) is 13.8 Å². The van der Waals surface area contributed by atoms with Gasteiger partial charge in [-0.25, -0.2) is 9.97 Å². The molecule has 19 heavy (non-hydrogen) atoms. The van der Waals surface area contributed by atoms with Crippen LogP contribution in [0.4, 0.5) is 11.6 Å². The highest BCUT2D eigenvalue weighted by atomic mass is 32.1. The van der Waals surface area contributed by atoms with Crippen molar-refractivity contribution in [2.75, 3.05) is 17.2 Å². The summed E-state index contributed by atoms with van der Waals surface area (Å²) in [6, 6.07) is 2.58. The van der Waals surface area contributed by atoms with Crippen LogP contribution in [0.2, 0.25) is 0 Å². The second-order valence-electron chi connectivity index (χ2n) is 5.02. The Labute approximate surface area is 117 Å². The van der Waals surface area contributed by atoms with Gasteiger partial charge in [-0.1, -0.05) is 0 Å². The van der Waals surface area contributed by atoms with Gasteiger partial charge < -0.3 is 10.6 Å². The predicted octanol–water partition coefficient (Wildman–Crippen LogP) is 2.86. The molecule has 3 heterocycles. The molecule has 1 aliphatic heterocycles. The van der Waals surface area contributed by atoms with E-state index in [1.165, 1.54) is 10.4 Å². The van der Waals surface area contributed by atoms with Crippen molar-refractivity contribution in [3.63, 3.8) is 0 Å². The Bertz CT molecular complexity index is 620. The zero-order valence-electron chi connectivity index (χ0n) is 11.5. The lowest BCUT2D eigenvalue weighted by Gasteiger charge is -2.35. The van der Waals surface area contributed by atoms with Crippen LogP contribution in [-0.4, -0.2) is 16.5 Å². The van der Waals surface area contributed by atoms with Crippen molar-refractivity contribution >= 4 is 23.0 Å². The number of hydrogen-bond acceptors (Lipinski definition) is 5. The molecule has 3 rings (SSSR count). The van der Waals surface area contributed by atoms with E-state index >= 15 is 0 Å². The van der Waals surface area contributed by atoms with E-state index in [0.29, 0.717) is 11.9 Å². The maximum absolute atomic E-state index is 5.97. The topological polar surface area (TPSA) is 55.0 Å². The number of nitrogens with two attached hydrogens (primary N) is 1. The van der Waals surface area contributed by atoms with Gasteiger partial charge in [-0.3, -0.25) is 0 Å². The number of thiophene rings is 1. The summed E-state index contributed by atoms with van der Waals surface area (Å²) >= 11 is 1.85. The summed E-state index contributed by atoms with van der Waals surface area (Å²) in [6.45, 7) is 7.12. The van der Waals surface area contributed by atoms with E-state index in [-0.39, 0.29) is 0 Å². The highest BCUT2D eigenvalue weighted by Gasteiger charge is 2.27. The summed E-state index contributed by atoms with van der Waals surface area (Å²) in [5, 5.41) is 2.18. The van der Waals surface area contributed by atoms with Gasteiger partial charge in [-0.15, -0.1) is 11.3 Å². The van der Waals surface area contributed by atoms with Gasteiger partial charge in [0.05, 0.1) is 6.04 Å². The molecule has 4 nitrogen and oxygen atoms in total. The minimum absolute atomic E-state index is 0.349. The first kappa shape index (κ1) is 12.4. The highest BCUT2D eigenvalue weighted by Crippen LogP contribution is 2.36. The molecule has 0 aromatic carbocycles. The molecule has 2 N–H and O–H groups in total. The van der Waals surface area contributed by atoms with Gasteiger partial charge in [0.25, 0.3) is 0 Å². The first-order valence-corrected chi connectivity index (χ1v) is 7.39. The number of fused-ring (bicyclic) bond motifs is 1. The SMILES string of the molecule is Cc1nc(N)c(C)c(N2CCc3sccc3C2C)n1. The maximum Gasteiger partial charge on any atom is 0.137 e. The molecule has 100 valence electrons. The first-order valence-electron chi connectivity index (χ1n) is 6.51. The van der Waals surface area contributed by atoms with Crippen molar-refractivity contribution in [2.45, 2.75) is 33.2 Å². The van der Waals surface area contributed by atoms with E-state index in [1.807, 2.05) is 25.2 Å². The number of rotatable bonds is 1. The van der Waals surface area contributed by atoms with Gasteiger partial charge in [-0.2, -0.15) is 0 Å². The van der Waals surface area contributed by atoms with Crippen LogP contribution in [0.5, 0.6) is 0 Å². The van der Waals surface area contributed by atoms with Gasteiger partial charge in [-0.05, 0) is 44.2 Å². The van der Waals surface area contributed by atoms with Crippen molar-refractivity contribution in [3.05, 3.63) is 33.3 Å². The molecular formula is C14H18N4S. The summed E-state index contributed by atoms with van der Waals surface area (Å²) in [6.07, 6.45) is 1.08. The molecule has 0 saturated carbocycles. The summed E-state index contributed by atoms with van der Waals surface area (Å²) in [4.78, 5) is 12.7. The van der Waals surface area contributed by atoms with Gasteiger partial charge in [0.1, 0.15) is 17.5 Å². The smallest absolute Gasteiger partial charge is 0.137 e. The molecule has 0 spiro atoms. The summed E-state index contributed by atoms with van der Waals surface area (Å²) < 4.78 is 0. The van der Waals surface area contributed by atoms with Crippen molar-refractivity contribution in [3.8, 4) is 0 Å². The average molecular weight is 274 g/mol. The zero-order chi connectivity index (χ0) is 13.6. The van der Waals surface area contributed by atoms with Gasteiger partial charge in [0.15, 0.2) is 0 Å². The summed E-state index contributed by atoms with van der Waals surface area (Å²) in [5.74, 6) is 2.31. The van der Waals surface area contributed by atoms with E-state index < -0.39 is 0 Å². The maximum atomic E-state index is 5.97. The average Bonchev–Trinajstić information content (AvgIpc) is 2.84. The predicted molar refractivity (Wildman–Crippen MR) is 79.7 cm³/mol. The fraction of sp³-hybridized carbons (Fsp3) is 0.429. The van der Waals surface area contributed by atoms with Crippen LogP contribution >= 0.6 is 11.3 Å². The Morgan fingerprint density at radius 2 is 2.16 bits per heavy atom. The van der Waals surface area contributed by atoms with Crippen LogP contribution in [0.1, 0.15) is 34.8 Å². The minimum Gasteiger partial charge on any atom is -0.383 e. The third kappa shape index (κ3) is 1.98. The van der Waals surface area contributed by atoms with Gasteiger partial charge in [0, 0.05) is 17.0 Å². The van der Waals surface area contributed by atoms with Crippen LogP contribution in [-0.2, 0) is 6.42 Å². The van der Waals surface area contributed by atoms with Gasteiger partial charge >= 0.3 is 0 Å². The number of anilines is 2. The fourth-order valence-electron chi connectivity index (χ4n) is 2.71. The lowest BCUT2D eigenvalue weighted by molar-refractivity contribution is 0.621. The molecule has 2 aromatic rings.